The fourth-order valence-corrected chi connectivity index (χ4v) is 6.75. The molecule has 0 saturated carbocycles. The lowest BCUT2D eigenvalue weighted by Crippen LogP contribution is -2.44. The molecule has 11 nitrogen and oxygen atoms in total. The Hall–Kier alpha value is -4.65. The maximum Gasteiger partial charge on any atom is 0.267 e. The zero-order valence-corrected chi connectivity index (χ0v) is 28.7. The molecular formula is C35H38ClN7O4S. The quantitative estimate of drug-likeness (QED) is 0.160. The van der Waals surface area contributed by atoms with Crippen LogP contribution in [-0.2, 0) is 23.0 Å². The van der Waals surface area contributed by atoms with Gasteiger partial charge in [-0.25, -0.2) is 18.1 Å². The number of sulfonamides is 1. The SMILES string of the molecule is CCOc1ccccc1-c1nc(NS(=O)(=O)c2cnn(Cc3ccccc3)c2)nc(Oc2cccc(N3CCN(C)CC3)c2Cl)c1CC. The summed E-state index contributed by atoms with van der Waals surface area (Å²) in [5, 5.41) is 4.72. The Morgan fingerprint density at radius 2 is 1.62 bits per heavy atom. The van der Waals surface area contributed by atoms with Gasteiger partial charge in [0.25, 0.3) is 10.0 Å². The number of ether oxygens (including phenoxy) is 2. The summed E-state index contributed by atoms with van der Waals surface area (Å²) >= 11 is 6.97. The predicted molar refractivity (Wildman–Crippen MR) is 188 cm³/mol. The van der Waals surface area contributed by atoms with Crippen molar-refractivity contribution in [3.05, 3.63) is 101 Å². The lowest BCUT2D eigenvalue weighted by Gasteiger charge is -2.34. The summed E-state index contributed by atoms with van der Waals surface area (Å²) in [6.07, 6.45) is 3.26. The molecule has 0 unspecified atom stereocenters. The van der Waals surface area contributed by atoms with Crippen LogP contribution in [-0.4, -0.2) is 72.9 Å². The van der Waals surface area contributed by atoms with Crippen molar-refractivity contribution in [2.75, 3.05) is 49.5 Å². The summed E-state index contributed by atoms with van der Waals surface area (Å²) < 4.78 is 43.9. The van der Waals surface area contributed by atoms with Crippen LogP contribution in [0.1, 0.15) is 25.0 Å². The molecular weight excluding hydrogens is 650 g/mol. The minimum absolute atomic E-state index is 0.0248. The Morgan fingerprint density at radius 1 is 0.896 bits per heavy atom. The van der Waals surface area contributed by atoms with E-state index in [9.17, 15) is 8.42 Å². The Morgan fingerprint density at radius 3 is 2.38 bits per heavy atom. The normalized spacial score (nSPS) is 13.8. The molecule has 0 aliphatic carbocycles. The van der Waals surface area contributed by atoms with Gasteiger partial charge in [-0.3, -0.25) is 4.68 Å². The Bertz CT molecular complexity index is 1980. The summed E-state index contributed by atoms with van der Waals surface area (Å²) in [4.78, 5) is 13.8. The lowest BCUT2D eigenvalue weighted by atomic mass is 10.0. The van der Waals surface area contributed by atoms with Gasteiger partial charge in [0.05, 0.1) is 30.7 Å². The highest BCUT2D eigenvalue weighted by molar-refractivity contribution is 7.92. The van der Waals surface area contributed by atoms with Crippen molar-refractivity contribution >= 4 is 33.3 Å². The number of nitrogens with zero attached hydrogens (tertiary/aromatic N) is 6. The third kappa shape index (κ3) is 7.40. The van der Waals surface area contributed by atoms with E-state index in [2.05, 4.69) is 31.7 Å². The maximum atomic E-state index is 13.7. The number of benzene rings is 3. The van der Waals surface area contributed by atoms with E-state index in [1.165, 1.54) is 12.4 Å². The first-order chi connectivity index (χ1) is 23.3. The highest BCUT2D eigenvalue weighted by Gasteiger charge is 2.25. The van der Waals surface area contributed by atoms with Crippen molar-refractivity contribution < 1.29 is 17.9 Å². The van der Waals surface area contributed by atoms with Gasteiger partial charge in [0.1, 0.15) is 21.4 Å². The van der Waals surface area contributed by atoms with E-state index in [0.717, 1.165) is 37.4 Å². The number of nitrogens with one attached hydrogen (secondary N) is 1. The van der Waals surface area contributed by atoms with Gasteiger partial charge in [0.2, 0.25) is 11.8 Å². The zero-order chi connectivity index (χ0) is 33.7. The number of hydrogen-bond acceptors (Lipinski definition) is 9. The van der Waals surface area contributed by atoms with E-state index >= 15 is 0 Å². The van der Waals surface area contributed by atoms with Crippen LogP contribution >= 0.6 is 11.6 Å². The average molecular weight is 688 g/mol. The predicted octanol–water partition coefficient (Wildman–Crippen LogP) is 6.35. The number of anilines is 2. The van der Waals surface area contributed by atoms with Gasteiger partial charge in [-0.15, -0.1) is 0 Å². The molecule has 1 aliphatic heterocycles. The Labute approximate surface area is 286 Å². The fourth-order valence-electron chi connectivity index (χ4n) is 5.57. The van der Waals surface area contributed by atoms with Crippen molar-refractivity contribution in [2.24, 2.45) is 0 Å². The van der Waals surface area contributed by atoms with Crippen molar-refractivity contribution in [2.45, 2.75) is 31.7 Å². The molecule has 0 radical (unpaired) electrons. The minimum atomic E-state index is -4.13. The molecule has 1 saturated heterocycles. The second kappa shape index (κ2) is 14.6. The van der Waals surface area contributed by atoms with Crippen molar-refractivity contribution in [1.82, 2.24) is 24.6 Å². The number of rotatable bonds is 12. The van der Waals surface area contributed by atoms with Crippen LogP contribution in [0.5, 0.6) is 17.4 Å². The molecule has 1 N–H and O–H groups in total. The Balaban J connectivity index is 1.39. The lowest BCUT2D eigenvalue weighted by molar-refractivity contribution is 0.313. The molecule has 48 heavy (non-hydrogen) atoms. The number of likely N-dealkylation sites (N-methyl/N-ethyl adjacent to an activating group) is 1. The highest BCUT2D eigenvalue weighted by atomic mass is 35.5. The van der Waals surface area contributed by atoms with E-state index in [0.29, 0.717) is 52.9 Å². The molecule has 5 aromatic rings. The average Bonchev–Trinajstić information content (AvgIpc) is 3.56. The van der Waals surface area contributed by atoms with Crippen molar-refractivity contribution in [3.8, 4) is 28.6 Å². The van der Waals surface area contributed by atoms with Crippen LogP contribution < -0.4 is 19.1 Å². The van der Waals surface area contributed by atoms with E-state index in [1.54, 1.807) is 10.7 Å². The molecule has 2 aromatic heterocycles. The smallest absolute Gasteiger partial charge is 0.267 e. The van der Waals surface area contributed by atoms with Crippen molar-refractivity contribution in [1.29, 1.82) is 0 Å². The first-order valence-corrected chi connectivity index (χ1v) is 17.7. The van der Waals surface area contributed by atoms with Crippen LogP contribution in [0.3, 0.4) is 0 Å². The summed E-state index contributed by atoms with van der Waals surface area (Å²) in [6.45, 7) is 8.23. The molecule has 3 heterocycles. The number of para-hydroxylation sites is 1. The second-order valence-electron chi connectivity index (χ2n) is 11.4. The fraction of sp³-hybridized carbons (Fsp3) is 0.286. The van der Waals surface area contributed by atoms with E-state index in [1.807, 2.05) is 80.6 Å². The van der Waals surface area contributed by atoms with E-state index < -0.39 is 10.0 Å². The molecule has 0 bridgehead atoms. The molecule has 0 atom stereocenters. The van der Waals surface area contributed by atoms with Gasteiger partial charge in [0, 0.05) is 43.5 Å². The topological polar surface area (TPSA) is 115 Å². The number of hydrogen-bond donors (Lipinski definition) is 1. The monoisotopic (exact) mass is 687 g/mol. The molecule has 3 aromatic carbocycles. The van der Waals surface area contributed by atoms with Gasteiger partial charge >= 0.3 is 0 Å². The Kier molecular flexibility index (Phi) is 10.1. The van der Waals surface area contributed by atoms with Crippen LogP contribution in [0.4, 0.5) is 11.6 Å². The van der Waals surface area contributed by atoms with Crippen LogP contribution in [0.25, 0.3) is 11.3 Å². The first-order valence-electron chi connectivity index (χ1n) is 15.9. The number of halogens is 1. The first kappa shape index (κ1) is 33.3. The minimum Gasteiger partial charge on any atom is -0.493 e. The molecule has 1 aliphatic rings. The van der Waals surface area contributed by atoms with E-state index in [-0.39, 0.29) is 16.7 Å². The molecule has 13 heteroatoms. The summed E-state index contributed by atoms with van der Waals surface area (Å²) in [5.41, 5.74) is 3.68. The van der Waals surface area contributed by atoms with E-state index in [4.69, 9.17) is 26.1 Å². The summed E-state index contributed by atoms with van der Waals surface area (Å²) in [5.74, 6) is 1.03. The van der Waals surface area contributed by atoms with Gasteiger partial charge in [0.15, 0.2) is 0 Å². The molecule has 6 rings (SSSR count). The largest absolute Gasteiger partial charge is 0.493 e. The van der Waals surface area contributed by atoms with Crippen molar-refractivity contribution in [3.63, 3.8) is 0 Å². The van der Waals surface area contributed by atoms with Crippen LogP contribution in [0.15, 0.2) is 90.1 Å². The van der Waals surface area contributed by atoms with Gasteiger partial charge in [-0.1, -0.05) is 67.1 Å². The second-order valence-corrected chi connectivity index (χ2v) is 13.5. The standard InChI is InChI=1S/C35H38ClN7O4S/c1-4-27-33(28-14-9-10-16-30(28)46-5-2)38-35(40-48(44,45)26-22-37-43(24-26)23-25-12-7-6-8-13-25)39-34(27)47-31-17-11-15-29(32(31)36)42-20-18-41(3)19-21-42/h6-17,22,24H,4-5,18-21,23H2,1-3H3,(H,38,39,40). The van der Waals surface area contributed by atoms with Crippen LogP contribution in [0.2, 0.25) is 5.02 Å². The summed E-state index contributed by atoms with van der Waals surface area (Å²) in [7, 11) is -2.03. The maximum absolute atomic E-state index is 13.7. The number of piperazine rings is 1. The number of aromatic nitrogens is 4. The summed E-state index contributed by atoms with van der Waals surface area (Å²) in [6, 6.07) is 22.8. The zero-order valence-electron chi connectivity index (χ0n) is 27.1. The van der Waals surface area contributed by atoms with Gasteiger partial charge < -0.3 is 19.3 Å². The molecule has 0 amide bonds. The molecule has 250 valence electrons. The van der Waals surface area contributed by atoms with Gasteiger partial charge in [-0.05, 0) is 50.2 Å². The molecule has 0 spiro atoms. The highest BCUT2D eigenvalue weighted by Crippen LogP contribution is 2.41. The third-order valence-corrected chi connectivity index (χ3v) is 9.75. The van der Waals surface area contributed by atoms with Gasteiger partial charge in [-0.2, -0.15) is 10.1 Å². The third-order valence-electron chi connectivity index (χ3n) is 8.09. The molecule has 1 fully saturated rings. The van der Waals surface area contributed by atoms with Crippen LogP contribution in [0, 0.1) is 0 Å².